The van der Waals surface area contributed by atoms with Gasteiger partial charge < -0.3 is 28.6 Å². The lowest BCUT2D eigenvalue weighted by molar-refractivity contribution is -0.889. The summed E-state index contributed by atoms with van der Waals surface area (Å²) in [6.07, 6.45) is 27.8. The smallest absolute Gasteiger partial charge is 0.306 e. The first-order valence-electron chi connectivity index (χ1n) is 17.9. The summed E-state index contributed by atoms with van der Waals surface area (Å²) < 4.78 is 17.0. The molecule has 0 radical (unpaired) electrons. The molecule has 0 saturated heterocycles. The van der Waals surface area contributed by atoms with Gasteiger partial charge in [0.25, 0.3) is 0 Å². The predicted octanol–water partition coefficient (Wildman–Crippen LogP) is 7.24. The lowest BCUT2D eigenvalue weighted by Gasteiger charge is -2.34. The lowest BCUT2D eigenvalue weighted by atomic mass is 10.1. The molecule has 0 aromatic heterocycles. The van der Waals surface area contributed by atoms with Crippen LogP contribution in [-0.4, -0.2) is 75.5 Å². The van der Waals surface area contributed by atoms with Gasteiger partial charge in [-0.3, -0.25) is 9.59 Å². The summed E-state index contributed by atoms with van der Waals surface area (Å²) in [6, 6.07) is -0.725. The molecular formula is C37H67NO7. The van der Waals surface area contributed by atoms with Gasteiger partial charge in [0.05, 0.1) is 40.3 Å². The Kier molecular flexibility index (Phi) is 27.8. The Morgan fingerprint density at radius 1 is 0.667 bits per heavy atom. The van der Waals surface area contributed by atoms with Gasteiger partial charge in [0.15, 0.2) is 6.10 Å². The van der Waals surface area contributed by atoms with E-state index in [-0.39, 0.29) is 49.1 Å². The Morgan fingerprint density at radius 3 is 1.73 bits per heavy atom. The molecule has 262 valence electrons. The third-order valence-corrected chi connectivity index (χ3v) is 7.87. The maximum atomic E-state index is 12.6. The summed E-state index contributed by atoms with van der Waals surface area (Å²) >= 11 is 0. The Balaban J connectivity index is 4.51. The second-order valence-corrected chi connectivity index (χ2v) is 13.1. The minimum Gasteiger partial charge on any atom is -0.544 e. The molecule has 45 heavy (non-hydrogen) atoms. The largest absolute Gasteiger partial charge is 0.544 e. The summed E-state index contributed by atoms with van der Waals surface area (Å²) in [4.78, 5) is 36.5. The van der Waals surface area contributed by atoms with E-state index in [0.29, 0.717) is 6.42 Å². The van der Waals surface area contributed by atoms with Crippen molar-refractivity contribution in [1.29, 1.82) is 0 Å². The van der Waals surface area contributed by atoms with Crippen LogP contribution in [0.4, 0.5) is 0 Å². The van der Waals surface area contributed by atoms with Crippen molar-refractivity contribution in [3.8, 4) is 0 Å². The van der Waals surface area contributed by atoms with Crippen LogP contribution < -0.4 is 5.11 Å². The number of allylic oxidation sites excluding steroid dienone is 4. The van der Waals surface area contributed by atoms with E-state index in [9.17, 15) is 19.5 Å². The standard InChI is InChI=1S/C37H67NO7/c1-6-8-10-12-14-16-18-20-22-24-26-28-36(40)45-33(31-43-30-29-34(37(41)42)38(3,4)5)32-44-35(39)27-25-23-21-19-17-15-13-11-9-7-2/h12,14,16,18,33-34H,6-11,13,15,17,19-32H2,1-5H3/b14-12+,18-16+. The molecule has 2 atom stereocenters. The first-order valence-corrected chi connectivity index (χ1v) is 17.9. The first kappa shape index (κ1) is 42.8. The number of carboxylic acids is 1. The fourth-order valence-electron chi connectivity index (χ4n) is 4.99. The molecule has 0 amide bonds. The molecule has 8 nitrogen and oxygen atoms in total. The minimum absolute atomic E-state index is 0.0325. The van der Waals surface area contributed by atoms with E-state index < -0.39 is 18.1 Å². The van der Waals surface area contributed by atoms with Crippen LogP contribution in [0.3, 0.4) is 0 Å². The van der Waals surface area contributed by atoms with Crippen molar-refractivity contribution in [3.63, 3.8) is 0 Å². The zero-order valence-electron chi connectivity index (χ0n) is 29.5. The Bertz CT molecular complexity index is 803. The second-order valence-electron chi connectivity index (χ2n) is 13.1. The second kappa shape index (κ2) is 29.2. The first-order chi connectivity index (χ1) is 21.6. The minimum atomic E-state index is -1.13. The van der Waals surface area contributed by atoms with Crippen LogP contribution in [0.2, 0.25) is 0 Å². The van der Waals surface area contributed by atoms with Crippen LogP contribution in [-0.2, 0) is 28.6 Å². The zero-order valence-corrected chi connectivity index (χ0v) is 29.5. The zero-order chi connectivity index (χ0) is 33.6. The molecule has 0 fully saturated rings. The highest BCUT2D eigenvalue weighted by Gasteiger charge is 2.25. The lowest BCUT2D eigenvalue weighted by Crippen LogP contribution is -2.55. The Labute approximate surface area is 275 Å². The highest BCUT2D eigenvalue weighted by molar-refractivity contribution is 5.70. The molecule has 0 aromatic rings. The van der Waals surface area contributed by atoms with Crippen molar-refractivity contribution in [1.82, 2.24) is 0 Å². The number of rotatable bonds is 31. The van der Waals surface area contributed by atoms with Crippen LogP contribution in [0.15, 0.2) is 24.3 Å². The number of nitrogens with zero attached hydrogens (tertiary/aromatic N) is 1. The highest BCUT2D eigenvalue weighted by Crippen LogP contribution is 2.13. The molecule has 0 aliphatic carbocycles. The average molecular weight is 638 g/mol. The van der Waals surface area contributed by atoms with Crippen molar-refractivity contribution in [3.05, 3.63) is 24.3 Å². The maximum absolute atomic E-state index is 12.6. The van der Waals surface area contributed by atoms with Gasteiger partial charge in [-0.25, -0.2) is 0 Å². The van der Waals surface area contributed by atoms with Crippen LogP contribution in [0.25, 0.3) is 0 Å². The Hall–Kier alpha value is -2.19. The summed E-state index contributed by atoms with van der Waals surface area (Å²) in [6.45, 7) is 4.54. The third-order valence-electron chi connectivity index (χ3n) is 7.87. The van der Waals surface area contributed by atoms with Gasteiger partial charge in [0.2, 0.25) is 0 Å². The topological polar surface area (TPSA) is 102 Å². The fourth-order valence-corrected chi connectivity index (χ4v) is 4.99. The molecular weight excluding hydrogens is 570 g/mol. The summed E-state index contributed by atoms with van der Waals surface area (Å²) in [5, 5.41) is 11.5. The summed E-state index contributed by atoms with van der Waals surface area (Å²) in [5.74, 6) is -1.78. The third kappa shape index (κ3) is 27.8. The fraction of sp³-hybridized carbons (Fsp3) is 0.811. The van der Waals surface area contributed by atoms with Crippen LogP contribution in [0, 0.1) is 0 Å². The number of hydrogen-bond acceptors (Lipinski definition) is 7. The number of carbonyl (C=O) groups is 3. The summed E-state index contributed by atoms with van der Waals surface area (Å²) in [5.41, 5.74) is 0. The van der Waals surface area contributed by atoms with E-state index in [1.807, 2.05) is 0 Å². The van der Waals surface area contributed by atoms with Gasteiger partial charge in [-0.05, 0) is 32.1 Å². The van der Waals surface area contributed by atoms with Crippen LogP contribution in [0.5, 0.6) is 0 Å². The monoisotopic (exact) mass is 637 g/mol. The van der Waals surface area contributed by atoms with Crippen molar-refractivity contribution >= 4 is 17.9 Å². The Morgan fingerprint density at radius 2 is 1.18 bits per heavy atom. The molecule has 0 saturated carbocycles. The molecule has 0 spiro atoms. The van der Waals surface area contributed by atoms with Crippen LogP contribution in [0.1, 0.15) is 142 Å². The summed E-state index contributed by atoms with van der Waals surface area (Å²) in [7, 11) is 5.38. The van der Waals surface area contributed by atoms with Crippen LogP contribution >= 0.6 is 0 Å². The molecule has 0 aromatic carbocycles. The van der Waals surface area contributed by atoms with Gasteiger partial charge >= 0.3 is 11.9 Å². The van der Waals surface area contributed by atoms with Gasteiger partial charge in [0, 0.05) is 19.3 Å². The average Bonchev–Trinajstić information content (AvgIpc) is 2.98. The van der Waals surface area contributed by atoms with Gasteiger partial charge in [-0.15, -0.1) is 0 Å². The van der Waals surface area contributed by atoms with E-state index >= 15 is 0 Å². The predicted molar refractivity (Wildman–Crippen MR) is 180 cm³/mol. The van der Waals surface area contributed by atoms with E-state index in [2.05, 4.69) is 38.2 Å². The molecule has 0 aliphatic rings. The number of ether oxygens (including phenoxy) is 3. The SMILES string of the molecule is CCCC/C=C/C=C/CCCCCC(=O)OC(COCCC(C(=O)[O-])[N+](C)(C)C)COC(=O)CCCCCCCCCCCC. The number of aliphatic carboxylic acids is 1. The number of carboxylic acid groups (broad SMARTS) is 1. The van der Waals surface area contributed by atoms with Crippen molar-refractivity contribution in [2.75, 3.05) is 41.0 Å². The number of esters is 2. The molecule has 0 rings (SSSR count). The van der Waals surface area contributed by atoms with Crippen molar-refractivity contribution in [2.24, 2.45) is 0 Å². The molecule has 8 heteroatoms. The number of unbranched alkanes of at least 4 members (excludes halogenated alkanes) is 14. The van der Waals surface area contributed by atoms with E-state index in [1.54, 1.807) is 21.1 Å². The quantitative estimate of drug-likeness (QED) is 0.0342. The van der Waals surface area contributed by atoms with Crippen molar-refractivity contribution < 1.29 is 38.2 Å². The number of hydrogen-bond donors (Lipinski definition) is 0. The molecule has 0 bridgehead atoms. The molecule has 0 aliphatic heterocycles. The molecule has 0 heterocycles. The number of quaternary nitrogens is 1. The van der Waals surface area contributed by atoms with Gasteiger partial charge in [-0.1, -0.05) is 115 Å². The van der Waals surface area contributed by atoms with Gasteiger partial charge in [-0.2, -0.15) is 0 Å². The van der Waals surface area contributed by atoms with Crippen molar-refractivity contribution in [2.45, 2.75) is 154 Å². The normalized spacial score (nSPS) is 13.4. The number of carbonyl (C=O) groups excluding carboxylic acids is 3. The number of likely N-dealkylation sites (N-methyl/N-ethyl adjacent to an activating group) is 1. The van der Waals surface area contributed by atoms with Gasteiger partial charge in [0.1, 0.15) is 12.6 Å². The van der Waals surface area contributed by atoms with E-state index in [1.165, 1.54) is 57.8 Å². The maximum Gasteiger partial charge on any atom is 0.306 e. The molecule has 0 N–H and O–H groups in total. The van der Waals surface area contributed by atoms with E-state index in [0.717, 1.165) is 51.4 Å². The molecule has 2 unspecified atom stereocenters. The highest BCUT2D eigenvalue weighted by atomic mass is 16.6. The van der Waals surface area contributed by atoms with E-state index in [4.69, 9.17) is 14.2 Å².